The number of carbonyl (C=O) groups is 1. The topological polar surface area (TPSA) is 61.0 Å². The molecule has 1 atom stereocenters. The molecule has 0 amide bonds. The van der Waals surface area contributed by atoms with Gasteiger partial charge >= 0.3 is 5.97 Å². The molecule has 4 heterocycles. The molecular formula is C38H38N4O3. The third-order valence-corrected chi connectivity index (χ3v) is 9.18. The minimum atomic E-state index is -1.33. The van der Waals surface area contributed by atoms with E-state index in [1.807, 2.05) is 25.1 Å². The number of nitrogens with zero attached hydrogens (tertiary/aromatic N) is 4. The lowest BCUT2D eigenvalue weighted by atomic mass is 9.78. The summed E-state index contributed by atoms with van der Waals surface area (Å²) in [6.45, 7) is 13.5. The van der Waals surface area contributed by atoms with E-state index in [1.165, 1.54) is 0 Å². The van der Waals surface area contributed by atoms with E-state index in [1.54, 1.807) is 6.20 Å². The van der Waals surface area contributed by atoms with Crippen LogP contribution in [0.15, 0.2) is 91.1 Å². The minimum absolute atomic E-state index is 0.322. The maximum absolute atomic E-state index is 13.9. The van der Waals surface area contributed by atoms with Crippen molar-refractivity contribution in [3.05, 3.63) is 119 Å². The highest BCUT2D eigenvalue weighted by molar-refractivity contribution is 5.98. The van der Waals surface area contributed by atoms with Crippen LogP contribution in [0.25, 0.3) is 27.8 Å². The number of hydrogen-bond donors (Lipinski definition) is 0. The first kappa shape index (κ1) is 28.7. The number of anilines is 1. The molecule has 0 radical (unpaired) electrons. The van der Waals surface area contributed by atoms with Crippen molar-refractivity contribution in [1.29, 1.82) is 0 Å². The van der Waals surface area contributed by atoms with Gasteiger partial charge in [-0.25, -0.2) is 9.78 Å². The predicted octanol–water partition coefficient (Wildman–Crippen LogP) is 7.99. The first-order valence-electron chi connectivity index (χ1n) is 15.9. The number of esters is 1. The third-order valence-electron chi connectivity index (χ3n) is 9.18. The summed E-state index contributed by atoms with van der Waals surface area (Å²) in [6, 6.07) is 29.0. The van der Waals surface area contributed by atoms with Crippen molar-refractivity contribution in [2.24, 2.45) is 0 Å². The van der Waals surface area contributed by atoms with Gasteiger partial charge in [0.15, 0.2) is 11.3 Å². The average Bonchev–Trinajstić information content (AvgIpc) is 3.67. The van der Waals surface area contributed by atoms with Gasteiger partial charge in [0.2, 0.25) is 0 Å². The van der Waals surface area contributed by atoms with Gasteiger partial charge in [0.25, 0.3) is 0 Å². The Kier molecular flexibility index (Phi) is 7.11. The van der Waals surface area contributed by atoms with E-state index in [0.29, 0.717) is 23.6 Å². The molecule has 7 rings (SSSR count). The van der Waals surface area contributed by atoms with Gasteiger partial charge in [-0.05, 0) is 70.5 Å². The molecule has 0 N–H and O–H groups in total. The number of cyclic esters (lactones) is 1. The van der Waals surface area contributed by atoms with E-state index < -0.39 is 11.6 Å². The molecule has 228 valence electrons. The Hall–Kier alpha value is -5.04. The van der Waals surface area contributed by atoms with Crippen LogP contribution in [0.5, 0.6) is 5.75 Å². The van der Waals surface area contributed by atoms with Gasteiger partial charge in [-0.15, -0.1) is 0 Å². The Balaban J connectivity index is 1.70. The maximum atomic E-state index is 13.9. The van der Waals surface area contributed by atoms with Gasteiger partial charge in [0.05, 0.1) is 23.2 Å². The predicted molar refractivity (Wildman–Crippen MR) is 179 cm³/mol. The molecule has 0 bridgehead atoms. The SMILES string of the molecule is CCOc1cc(N(CC)CC)ccc1C1(c2c(-c3ccccc3)c(C)n3c4ccccc4n(CC)c23)OC(=O)c2ncccc21. The monoisotopic (exact) mass is 598 g/mol. The summed E-state index contributed by atoms with van der Waals surface area (Å²) in [6.07, 6.45) is 1.66. The van der Waals surface area contributed by atoms with Crippen LogP contribution in [-0.2, 0) is 16.9 Å². The summed E-state index contributed by atoms with van der Waals surface area (Å²) in [7, 11) is 0. The van der Waals surface area contributed by atoms with Crippen molar-refractivity contribution in [3.63, 3.8) is 0 Å². The Bertz CT molecular complexity index is 2050. The number of hydrogen-bond acceptors (Lipinski definition) is 5. The fourth-order valence-corrected chi connectivity index (χ4v) is 7.31. The molecule has 0 saturated heterocycles. The van der Waals surface area contributed by atoms with Crippen molar-refractivity contribution in [2.75, 3.05) is 24.6 Å². The molecule has 7 nitrogen and oxygen atoms in total. The van der Waals surface area contributed by atoms with Gasteiger partial charge in [-0.3, -0.25) is 4.40 Å². The molecule has 7 heteroatoms. The first-order chi connectivity index (χ1) is 22.0. The van der Waals surface area contributed by atoms with Crippen LogP contribution in [-0.4, -0.2) is 39.6 Å². The van der Waals surface area contributed by atoms with Crippen molar-refractivity contribution < 1.29 is 14.3 Å². The second-order valence-corrected chi connectivity index (χ2v) is 11.3. The zero-order chi connectivity index (χ0) is 31.3. The minimum Gasteiger partial charge on any atom is -0.493 e. The van der Waals surface area contributed by atoms with Gasteiger partial charge < -0.3 is 18.9 Å². The highest BCUT2D eigenvalue weighted by Crippen LogP contribution is 2.55. The number of imidazole rings is 1. The quantitative estimate of drug-likeness (QED) is 0.158. The molecule has 0 fully saturated rings. The van der Waals surface area contributed by atoms with E-state index in [0.717, 1.165) is 69.9 Å². The molecule has 1 aliphatic rings. The number of ether oxygens (including phenoxy) is 2. The highest BCUT2D eigenvalue weighted by atomic mass is 16.6. The number of fused-ring (bicyclic) bond motifs is 4. The van der Waals surface area contributed by atoms with E-state index >= 15 is 0 Å². The lowest BCUT2D eigenvalue weighted by molar-refractivity contribution is 0.0246. The fraction of sp³-hybridized carbons (Fsp3) is 0.263. The van der Waals surface area contributed by atoms with Crippen molar-refractivity contribution in [1.82, 2.24) is 14.0 Å². The van der Waals surface area contributed by atoms with E-state index in [-0.39, 0.29) is 0 Å². The second kappa shape index (κ2) is 11.1. The Morgan fingerprint density at radius 1 is 0.867 bits per heavy atom. The Morgan fingerprint density at radius 2 is 1.60 bits per heavy atom. The number of benzene rings is 3. The van der Waals surface area contributed by atoms with Crippen LogP contribution in [0.1, 0.15) is 60.6 Å². The number of pyridine rings is 1. The zero-order valence-corrected chi connectivity index (χ0v) is 26.5. The number of aryl methyl sites for hydroxylation is 2. The normalized spacial score (nSPS) is 15.9. The number of aromatic nitrogens is 3. The molecule has 0 spiro atoms. The van der Waals surface area contributed by atoms with Crippen molar-refractivity contribution in [2.45, 2.75) is 46.8 Å². The Labute approximate surface area is 263 Å². The van der Waals surface area contributed by atoms with Crippen molar-refractivity contribution >= 4 is 28.3 Å². The molecule has 0 aliphatic carbocycles. The van der Waals surface area contributed by atoms with Crippen LogP contribution in [0.4, 0.5) is 5.69 Å². The summed E-state index contributed by atoms with van der Waals surface area (Å²) in [4.78, 5) is 20.8. The largest absolute Gasteiger partial charge is 0.493 e. The zero-order valence-electron chi connectivity index (χ0n) is 26.5. The van der Waals surface area contributed by atoms with Crippen LogP contribution in [0, 0.1) is 6.92 Å². The second-order valence-electron chi connectivity index (χ2n) is 11.3. The molecule has 6 aromatic rings. The summed E-state index contributed by atoms with van der Waals surface area (Å²) >= 11 is 0. The standard InChI is InChI=1S/C38H38N4O3/c1-6-40(7-2)27-21-22-28(32(24-27)44-9-4)38(29-18-15-23-39-35(29)37(43)45-38)34-33(26-16-11-10-12-17-26)25(5)42-31-20-14-13-19-30(31)41(8-3)36(34)42/h10-24H,6-9H2,1-5H3. The molecule has 0 saturated carbocycles. The lowest BCUT2D eigenvalue weighted by Crippen LogP contribution is -2.32. The third kappa shape index (κ3) is 4.10. The molecular weight excluding hydrogens is 560 g/mol. The van der Waals surface area contributed by atoms with Crippen LogP contribution in [0.2, 0.25) is 0 Å². The number of para-hydroxylation sites is 2. The fourth-order valence-electron chi connectivity index (χ4n) is 7.31. The number of carbonyl (C=O) groups excluding carboxylic acids is 1. The van der Waals surface area contributed by atoms with Crippen LogP contribution >= 0.6 is 0 Å². The van der Waals surface area contributed by atoms with Gasteiger partial charge in [0, 0.05) is 60.0 Å². The molecule has 1 unspecified atom stereocenters. The van der Waals surface area contributed by atoms with Crippen LogP contribution in [0.3, 0.4) is 0 Å². The summed E-state index contributed by atoms with van der Waals surface area (Å²) < 4.78 is 17.9. The molecule has 3 aromatic carbocycles. The summed E-state index contributed by atoms with van der Waals surface area (Å²) in [5, 5.41) is 0. The van der Waals surface area contributed by atoms with E-state index in [2.05, 4.69) is 113 Å². The first-order valence-corrected chi connectivity index (χ1v) is 15.9. The average molecular weight is 599 g/mol. The highest BCUT2D eigenvalue weighted by Gasteiger charge is 2.54. The van der Waals surface area contributed by atoms with E-state index in [9.17, 15) is 4.79 Å². The molecule has 45 heavy (non-hydrogen) atoms. The van der Waals surface area contributed by atoms with Gasteiger partial charge in [-0.2, -0.15) is 0 Å². The van der Waals surface area contributed by atoms with Crippen LogP contribution < -0.4 is 9.64 Å². The van der Waals surface area contributed by atoms with Gasteiger partial charge in [0.1, 0.15) is 11.4 Å². The summed E-state index contributed by atoms with van der Waals surface area (Å²) in [5.41, 5.74) is 8.78. The number of rotatable bonds is 9. The molecule has 3 aromatic heterocycles. The van der Waals surface area contributed by atoms with E-state index in [4.69, 9.17) is 9.47 Å². The smallest absolute Gasteiger partial charge is 0.358 e. The summed E-state index contributed by atoms with van der Waals surface area (Å²) in [5.74, 6) is 0.234. The Morgan fingerprint density at radius 3 is 2.31 bits per heavy atom. The lowest BCUT2D eigenvalue weighted by Gasteiger charge is -2.33. The van der Waals surface area contributed by atoms with Crippen molar-refractivity contribution in [3.8, 4) is 16.9 Å². The van der Waals surface area contributed by atoms with Gasteiger partial charge in [-0.1, -0.05) is 48.5 Å². The maximum Gasteiger partial charge on any atom is 0.358 e. The molecule has 1 aliphatic heterocycles.